The maximum absolute atomic E-state index is 9.26. The molecule has 2 atom stereocenters. The zero-order valence-corrected chi connectivity index (χ0v) is 11.9. The van der Waals surface area contributed by atoms with Gasteiger partial charge < -0.3 is 5.32 Å². The molecule has 0 spiro atoms. The molecule has 0 bridgehead atoms. The molecule has 1 saturated carbocycles. The molecule has 1 aliphatic rings. The van der Waals surface area contributed by atoms with E-state index in [1.165, 1.54) is 30.4 Å². The Kier molecular flexibility index (Phi) is 5.42. The van der Waals surface area contributed by atoms with Crippen molar-refractivity contribution in [2.75, 3.05) is 0 Å². The van der Waals surface area contributed by atoms with E-state index in [0.717, 1.165) is 25.8 Å². The standard InChI is InChI=1S/C17H24N2/c1-2-14-8-10-15(11-9-14)13-19-17-7-5-3-4-6-16(17)12-18/h8-11,16-17,19H,2-7,13H2,1H3. The maximum Gasteiger partial charge on any atom is 0.0672 e. The summed E-state index contributed by atoms with van der Waals surface area (Å²) in [5, 5.41) is 12.9. The highest BCUT2D eigenvalue weighted by molar-refractivity contribution is 5.22. The van der Waals surface area contributed by atoms with Crippen LogP contribution in [0.3, 0.4) is 0 Å². The predicted molar refractivity (Wildman–Crippen MR) is 78.6 cm³/mol. The third kappa shape index (κ3) is 4.08. The molecule has 0 amide bonds. The molecule has 1 aromatic rings. The van der Waals surface area contributed by atoms with Gasteiger partial charge in [-0.1, -0.05) is 50.5 Å². The lowest BCUT2D eigenvalue weighted by molar-refractivity contribution is 0.393. The van der Waals surface area contributed by atoms with Gasteiger partial charge in [0.05, 0.1) is 12.0 Å². The molecule has 1 fully saturated rings. The molecule has 0 heterocycles. The first-order valence-electron chi connectivity index (χ1n) is 7.54. The van der Waals surface area contributed by atoms with Gasteiger partial charge in [-0.25, -0.2) is 0 Å². The van der Waals surface area contributed by atoms with Crippen molar-refractivity contribution < 1.29 is 0 Å². The third-order valence-electron chi connectivity index (χ3n) is 4.18. The van der Waals surface area contributed by atoms with E-state index in [9.17, 15) is 5.26 Å². The highest BCUT2D eigenvalue weighted by Crippen LogP contribution is 2.23. The molecule has 2 unspecified atom stereocenters. The fraction of sp³-hybridized carbons (Fsp3) is 0.588. The zero-order chi connectivity index (χ0) is 13.5. The van der Waals surface area contributed by atoms with E-state index in [1.54, 1.807) is 0 Å². The molecule has 19 heavy (non-hydrogen) atoms. The largest absolute Gasteiger partial charge is 0.309 e. The molecule has 0 saturated heterocycles. The summed E-state index contributed by atoms with van der Waals surface area (Å²) in [6, 6.07) is 11.7. The van der Waals surface area contributed by atoms with Gasteiger partial charge in [-0.3, -0.25) is 0 Å². The zero-order valence-electron chi connectivity index (χ0n) is 11.9. The average Bonchev–Trinajstić information content (AvgIpc) is 2.70. The van der Waals surface area contributed by atoms with Crippen molar-refractivity contribution in [1.29, 1.82) is 5.26 Å². The van der Waals surface area contributed by atoms with E-state index < -0.39 is 0 Å². The molecule has 2 heteroatoms. The summed E-state index contributed by atoms with van der Waals surface area (Å²) in [5.41, 5.74) is 2.70. The number of aryl methyl sites for hydroxylation is 1. The van der Waals surface area contributed by atoms with E-state index in [-0.39, 0.29) is 5.92 Å². The van der Waals surface area contributed by atoms with Gasteiger partial charge in [-0.15, -0.1) is 0 Å². The van der Waals surface area contributed by atoms with E-state index in [2.05, 4.69) is 42.6 Å². The number of hydrogen-bond acceptors (Lipinski definition) is 2. The summed E-state index contributed by atoms with van der Waals surface area (Å²) in [5.74, 6) is 0.192. The molecule has 2 nitrogen and oxygen atoms in total. The summed E-state index contributed by atoms with van der Waals surface area (Å²) in [6.07, 6.45) is 7.04. The molecule has 2 rings (SSSR count). The SMILES string of the molecule is CCc1ccc(CNC2CCCCCC2C#N)cc1. The van der Waals surface area contributed by atoms with Gasteiger partial charge in [0.2, 0.25) is 0 Å². The minimum atomic E-state index is 0.192. The first-order valence-corrected chi connectivity index (χ1v) is 7.54. The molecule has 1 aromatic carbocycles. The number of nitrogens with zero attached hydrogens (tertiary/aromatic N) is 1. The summed E-state index contributed by atoms with van der Waals surface area (Å²) in [6.45, 7) is 3.06. The number of rotatable bonds is 4. The highest BCUT2D eigenvalue weighted by Gasteiger charge is 2.22. The second-order valence-corrected chi connectivity index (χ2v) is 5.53. The Bertz CT molecular complexity index is 416. The third-order valence-corrected chi connectivity index (χ3v) is 4.18. The summed E-state index contributed by atoms with van der Waals surface area (Å²) < 4.78 is 0. The first-order chi connectivity index (χ1) is 9.33. The maximum atomic E-state index is 9.26. The first kappa shape index (κ1) is 14.1. The van der Waals surface area contributed by atoms with Crippen LogP contribution in [0.5, 0.6) is 0 Å². The van der Waals surface area contributed by atoms with E-state index in [4.69, 9.17) is 0 Å². The van der Waals surface area contributed by atoms with Gasteiger partial charge in [-0.05, 0) is 30.4 Å². The van der Waals surface area contributed by atoms with Gasteiger partial charge >= 0.3 is 0 Å². The predicted octanol–water partition coefficient (Wildman–Crippen LogP) is 3.81. The van der Waals surface area contributed by atoms with Crippen molar-refractivity contribution in [3.05, 3.63) is 35.4 Å². The van der Waals surface area contributed by atoms with Gasteiger partial charge in [0.1, 0.15) is 0 Å². The van der Waals surface area contributed by atoms with Crippen molar-refractivity contribution in [2.45, 2.75) is 58.0 Å². The molecule has 0 radical (unpaired) electrons. The van der Waals surface area contributed by atoms with Crippen LogP contribution >= 0.6 is 0 Å². The van der Waals surface area contributed by atoms with Gasteiger partial charge in [0, 0.05) is 12.6 Å². The molecule has 102 valence electrons. The minimum absolute atomic E-state index is 0.192. The van der Waals surface area contributed by atoms with Crippen LogP contribution < -0.4 is 5.32 Å². The minimum Gasteiger partial charge on any atom is -0.309 e. The van der Waals surface area contributed by atoms with Crippen molar-refractivity contribution >= 4 is 0 Å². The monoisotopic (exact) mass is 256 g/mol. The quantitative estimate of drug-likeness (QED) is 0.831. The van der Waals surface area contributed by atoms with Crippen molar-refractivity contribution in [3.63, 3.8) is 0 Å². The van der Waals surface area contributed by atoms with Crippen LogP contribution in [0.15, 0.2) is 24.3 Å². The van der Waals surface area contributed by atoms with Gasteiger partial charge in [0.25, 0.3) is 0 Å². The lowest BCUT2D eigenvalue weighted by Crippen LogP contribution is -2.34. The van der Waals surface area contributed by atoms with Gasteiger partial charge in [-0.2, -0.15) is 5.26 Å². The van der Waals surface area contributed by atoms with Crippen LogP contribution in [0.4, 0.5) is 0 Å². The summed E-state index contributed by atoms with van der Waals surface area (Å²) in [7, 11) is 0. The van der Waals surface area contributed by atoms with Crippen molar-refractivity contribution in [2.24, 2.45) is 5.92 Å². The van der Waals surface area contributed by atoms with Crippen LogP contribution in [0.25, 0.3) is 0 Å². The summed E-state index contributed by atoms with van der Waals surface area (Å²) >= 11 is 0. The van der Waals surface area contributed by atoms with E-state index in [0.29, 0.717) is 6.04 Å². The molecule has 1 N–H and O–H groups in total. The van der Waals surface area contributed by atoms with Crippen LogP contribution in [0.1, 0.15) is 50.2 Å². The Labute approximate surface area is 116 Å². The molecule has 0 aromatic heterocycles. The number of benzene rings is 1. The second kappa shape index (κ2) is 7.31. The topological polar surface area (TPSA) is 35.8 Å². The Morgan fingerprint density at radius 2 is 1.79 bits per heavy atom. The fourth-order valence-corrected chi connectivity index (χ4v) is 2.85. The molecule has 0 aliphatic heterocycles. The molecular formula is C17H24N2. The van der Waals surface area contributed by atoms with Crippen LogP contribution in [0.2, 0.25) is 0 Å². The normalized spacial score (nSPS) is 23.6. The number of hydrogen-bond donors (Lipinski definition) is 1. The highest BCUT2D eigenvalue weighted by atomic mass is 14.9. The van der Waals surface area contributed by atoms with Crippen LogP contribution in [-0.4, -0.2) is 6.04 Å². The lowest BCUT2D eigenvalue weighted by Gasteiger charge is -2.21. The summed E-state index contributed by atoms with van der Waals surface area (Å²) in [4.78, 5) is 0. The Morgan fingerprint density at radius 3 is 2.47 bits per heavy atom. The molecular weight excluding hydrogens is 232 g/mol. The van der Waals surface area contributed by atoms with Crippen molar-refractivity contribution in [1.82, 2.24) is 5.32 Å². The lowest BCUT2D eigenvalue weighted by atomic mass is 9.96. The smallest absolute Gasteiger partial charge is 0.0672 e. The molecule has 1 aliphatic carbocycles. The average molecular weight is 256 g/mol. The number of nitriles is 1. The Balaban J connectivity index is 1.90. The second-order valence-electron chi connectivity index (χ2n) is 5.53. The van der Waals surface area contributed by atoms with E-state index >= 15 is 0 Å². The van der Waals surface area contributed by atoms with Crippen LogP contribution in [-0.2, 0) is 13.0 Å². The Morgan fingerprint density at radius 1 is 1.11 bits per heavy atom. The van der Waals surface area contributed by atoms with E-state index in [1.807, 2.05) is 0 Å². The fourth-order valence-electron chi connectivity index (χ4n) is 2.85. The number of nitrogens with one attached hydrogen (secondary N) is 1. The van der Waals surface area contributed by atoms with Crippen LogP contribution in [0, 0.1) is 17.2 Å². The Hall–Kier alpha value is -1.33. The van der Waals surface area contributed by atoms with Crippen molar-refractivity contribution in [3.8, 4) is 6.07 Å². The van der Waals surface area contributed by atoms with Gasteiger partial charge in [0.15, 0.2) is 0 Å².